The molecule has 1 heterocycles. The van der Waals surface area contributed by atoms with Crippen LogP contribution in [0.3, 0.4) is 0 Å². The summed E-state index contributed by atoms with van der Waals surface area (Å²) >= 11 is 0. The van der Waals surface area contributed by atoms with Crippen molar-refractivity contribution >= 4 is 24.4 Å². The Bertz CT molecular complexity index is 710. The number of allylic oxidation sites excluding steroid dienone is 2. The largest absolute Gasteiger partial charge is 0.488 e. The van der Waals surface area contributed by atoms with E-state index in [0.717, 1.165) is 22.3 Å². The zero-order valence-corrected chi connectivity index (χ0v) is 12.3. The first-order valence-electron chi connectivity index (χ1n) is 6.88. The Kier molecular flexibility index (Phi) is 5.41. The van der Waals surface area contributed by atoms with E-state index in [0.29, 0.717) is 5.46 Å². The molecule has 0 radical (unpaired) electrons. The van der Waals surface area contributed by atoms with E-state index in [9.17, 15) is 10.0 Å². The summed E-state index contributed by atoms with van der Waals surface area (Å²) in [7, 11) is -1.54. The van der Waals surface area contributed by atoms with Crippen LogP contribution in [0.5, 0.6) is 0 Å². The molecule has 0 saturated heterocycles. The summed E-state index contributed by atoms with van der Waals surface area (Å²) < 4.78 is 0. The van der Waals surface area contributed by atoms with Crippen molar-refractivity contribution in [2.45, 2.75) is 6.92 Å². The number of benzene rings is 1. The van der Waals surface area contributed by atoms with Crippen molar-refractivity contribution in [1.82, 2.24) is 4.98 Å². The zero-order valence-electron chi connectivity index (χ0n) is 12.3. The fraction of sp³-hybridized carbons (Fsp3) is 0.0588. The summed E-state index contributed by atoms with van der Waals surface area (Å²) in [6.45, 7) is 5.46. The fourth-order valence-electron chi connectivity index (χ4n) is 2.12. The summed E-state index contributed by atoms with van der Waals surface area (Å²) in [5, 5.41) is 19.0. The van der Waals surface area contributed by atoms with Gasteiger partial charge in [-0.25, -0.2) is 0 Å². The highest BCUT2D eigenvalue weighted by molar-refractivity contribution is 6.58. The highest BCUT2D eigenvalue weighted by atomic mass is 16.4. The van der Waals surface area contributed by atoms with E-state index in [1.165, 1.54) is 6.20 Å². The van der Waals surface area contributed by atoms with Crippen LogP contribution in [-0.4, -0.2) is 28.4 Å². The Morgan fingerprint density at radius 1 is 1.27 bits per heavy atom. The predicted octanol–water partition coefficient (Wildman–Crippen LogP) is 2.05. The van der Waals surface area contributed by atoms with Crippen molar-refractivity contribution in [2.75, 3.05) is 0 Å². The molecule has 5 heteroatoms. The molecular formula is C17H17BN2O2. The smallest absolute Gasteiger partial charge is 0.423 e. The van der Waals surface area contributed by atoms with Gasteiger partial charge < -0.3 is 10.0 Å². The minimum absolute atomic E-state index is 0.419. The fourth-order valence-corrected chi connectivity index (χ4v) is 2.12. The molecule has 0 fully saturated rings. The summed E-state index contributed by atoms with van der Waals surface area (Å²) in [5.74, 6) is 0. The number of hydrogen-bond donors (Lipinski definition) is 2. The van der Waals surface area contributed by atoms with Crippen molar-refractivity contribution < 1.29 is 10.0 Å². The third-order valence-corrected chi connectivity index (χ3v) is 3.21. The van der Waals surface area contributed by atoms with Crippen LogP contribution in [0.2, 0.25) is 0 Å². The van der Waals surface area contributed by atoms with Crippen molar-refractivity contribution in [3.8, 4) is 11.1 Å². The van der Waals surface area contributed by atoms with Crippen LogP contribution in [0.1, 0.15) is 12.5 Å². The van der Waals surface area contributed by atoms with Crippen molar-refractivity contribution in [3.63, 3.8) is 0 Å². The lowest BCUT2D eigenvalue weighted by Crippen LogP contribution is -2.30. The second kappa shape index (κ2) is 7.50. The second-order valence-electron chi connectivity index (χ2n) is 4.66. The summed E-state index contributed by atoms with van der Waals surface area (Å²) in [6, 6.07) is 9.20. The molecule has 0 saturated carbocycles. The maximum Gasteiger partial charge on any atom is 0.488 e. The van der Waals surface area contributed by atoms with E-state index in [-0.39, 0.29) is 0 Å². The van der Waals surface area contributed by atoms with E-state index in [2.05, 4.69) is 16.6 Å². The molecule has 2 aromatic rings. The van der Waals surface area contributed by atoms with Gasteiger partial charge >= 0.3 is 7.12 Å². The van der Waals surface area contributed by atoms with Gasteiger partial charge in [0.05, 0.1) is 0 Å². The third-order valence-electron chi connectivity index (χ3n) is 3.21. The standard InChI is InChI=1S/C17H17BN2O2/c1-3-13(11-19-4-2)15-8-16(10-17(9-15)18(21)22)14-6-5-7-20-12-14/h3-12,21-22H,2H2,1H3/b13-3+,19-11?. The average molecular weight is 292 g/mol. The molecule has 2 rings (SSSR count). The molecule has 4 nitrogen and oxygen atoms in total. The first-order chi connectivity index (χ1) is 10.7. The Hall–Kier alpha value is -2.50. The van der Waals surface area contributed by atoms with Gasteiger partial charge in [-0.05, 0) is 46.8 Å². The molecule has 0 aliphatic heterocycles. The van der Waals surface area contributed by atoms with Gasteiger partial charge in [0.25, 0.3) is 0 Å². The van der Waals surface area contributed by atoms with Crippen LogP contribution >= 0.6 is 0 Å². The highest BCUT2D eigenvalue weighted by Crippen LogP contribution is 2.22. The normalized spacial score (nSPS) is 11.7. The Labute approximate surface area is 130 Å². The molecule has 0 spiro atoms. The minimum atomic E-state index is -1.54. The number of aliphatic imine (C=N–C) groups is 1. The number of aromatic nitrogens is 1. The van der Waals surface area contributed by atoms with E-state index in [4.69, 9.17) is 0 Å². The van der Waals surface area contributed by atoms with Gasteiger partial charge in [0.1, 0.15) is 0 Å². The molecular weight excluding hydrogens is 275 g/mol. The van der Waals surface area contributed by atoms with Crippen molar-refractivity contribution in [3.05, 3.63) is 67.1 Å². The van der Waals surface area contributed by atoms with Gasteiger partial charge in [0.2, 0.25) is 0 Å². The molecule has 1 aromatic heterocycles. The van der Waals surface area contributed by atoms with Crippen LogP contribution in [0.4, 0.5) is 0 Å². The van der Waals surface area contributed by atoms with E-state index < -0.39 is 7.12 Å². The van der Waals surface area contributed by atoms with Gasteiger partial charge in [0.15, 0.2) is 0 Å². The molecule has 22 heavy (non-hydrogen) atoms. The Balaban J connectivity index is 2.57. The third kappa shape index (κ3) is 3.78. The predicted molar refractivity (Wildman–Crippen MR) is 91.8 cm³/mol. The number of nitrogens with zero attached hydrogens (tertiary/aromatic N) is 2. The van der Waals surface area contributed by atoms with Crippen LogP contribution < -0.4 is 5.46 Å². The monoisotopic (exact) mass is 292 g/mol. The lowest BCUT2D eigenvalue weighted by atomic mass is 9.77. The molecule has 2 N–H and O–H groups in total. The van der Waals surface area contributed by atoms with E-state index >= 15 is 0 Å². The SMILES string of the molecule is C=CN=C/C(=C\C)c1cc(B(O)O)cc(-c2cccnc2)c1. The van der Waals surface area contributed by atoms with E-state index in [1.54, 1.807) is 30.7 Å². The van der Waals surface area contributed by atoms with E-state index in [1.807, 2.05) is 31.2 Å². The van der Waals surface area contributed by atoms with Gasteiger partial charge in [-0.3, -0.25) is 9.98 Å². The van der Waals surface area contributed by atoms with Crippen LogP contribution in [0.25, 0.3) is 16.7 Å². The Morgan fingerprint density at radius 2 is 2.09 bits per heavy atom. The summed E-state index contributed by atoms with van der Waals surface area (Å²) in [6.07, 6.45) is 8.48. The van der Waals surface area contributed by atoms with Crippen LogP contribution in [0, 0.1) is 0 Å². The zero-order chi connectivity index (χ0) is 15.9. The molecule has 0 amide bonds. The second-order valence-corrected chi connectivity index (χ2v) is 4.66. The highest BCUT2D eigenvalue weighted by Gasteiger charge is 2.14. The van der Waals surface area contributed by atoms with Crippen LogP contribution in [0.15, 0.2) is 66.6 Å². The number of rotatable bonds is 5. The minimum Gasteiger partial charge on any atom is -0.423 e. The average Bonchev–Trinajstić information content (AvgIpc) is 2.56. The molecule has 0 aliphatic rings. The topological polar surface area (TPSA) is 65.7 Å². The first kappa shape index (κ1) is 15.9. The lowest BCUT2D eigenvalue weighted by Gasteiger charge is -2.10. The lowest BCUT2D eigenvalue weighted by molar-refractivity contribution is 0.426. The van der Waals surface area contributed by atoms with Crippen LogP contribution in [-0.2, 0) is 0 Å². The van der Waals surface area contributed by atoms with Gasteiger partial charge in [0, 0.05) is 24.8 Å². The Morgan fingerprint density at radius 3 is 2.68 bits per heavy atom. The number of pyridine rings is 1. The van der Waals surface area contributed by atoms with Gasteiger partial charge in [-0.1, -0.05) is 30.9 Å². The summed E-state index contributed by atoms with van der Waals surface area (Å²) in [5.41, 5.74) is 3.90. The maximum absolute atomic E-state index is 9.52. The molecule has 0 aliphatic carbocycles. The van der Waals surface area contributed by atoms with Crippen molar-refractivity contribution in [1.29, 1.82) is 0 Å². The summed E-state index contributed by atoms with van der Waals surface area (Å²) in [4.78, 5) is 8.13. The quantitative estimate of drug-likeness (QED) is 0.654. The first-order valence-corrected chi connectivity index (χ1v) is 6.88. The molecule has 1 aromatic carbocycles. The molecule has 0 bridgehead atoms. The van der Waals surface area contributed by atoms with Gasteiger partial charge in [-0.15, -0.1) is 0 Å². The van der Waals surface area contributed by atoms with Gasteiger partial charge in [-0.2, -0.15) is 0 Å². The van der Waals surface area contributed by atoms with Crippen molar-refractivity contribution in [2.24, 2.45) is 4.99 Å². The molecule has 0 unspecified atom stereocenters. The maximum atomic E-state index is 9.52. The molecule has 110 valence electrons. The molecule has 0 atom stereocenters. The number of hydrogen-bond acceptors (Lipinski definition) is 4.